The highest BCUT2D eigenvalue weighted by Crippen LogP contribution is 2.26. The monoisotopic (exact) mass is 397 g/mol. The number of thiophene rings is 1. The van der Waals surface area contributed by atoms with E-state index in [1.807, 2.05) is 41.2 Å². The van der Waals surface area contributed by atoms with Gasteiger partial charge in [0.25, 0.3) is 0 Å². The zero-order valence-electron chi connectivity index (χ0n) is 16.8. The van der Waals surface area contributed by atoms with Crippen LogP contribution >= 0.6 is 11.3 Å². The molecule has 2 heterocycles. The van der Waals surface area contributed by atoms with Crippen LogP contribution in [0.2, 0.25) is 0 Å². The summed E-state index contributed by atoms with van der Waals surface area (Å²) in [7, 11) is 3.44. The minimum absolute atomic E-state index is 0.0434. The van der Waals surface area contributed by atoms with Crippen LogP contribution in [0.4, 0.5) is 0 Å². The molecule has 0 spiro atoms. The number of methoxy groups -OCH3 is 1. The van der Waals surface area contributed by atoms with Gasteiger partial charge in [0.15, 0.2) is 5.96 Å². The van der Waals surface area contributed by atoms with Gasteiger partial charge in [-0.15, -0.1) is 11.3 Å². The molecule has 6 nitrogen and oxygen atoms in total. The summed E-state index contributed by atoms with van der Waals surface area (Å²) in [6.45, 7) is 5.86. The number of nitrogens with zero attached hydrogens (tertiary/aromatic N) is 3. The lowest BCUT2D eigenvalue weighted by molar-refractivity contribution is 0.414. The van der Waals surface area contributed by atoms with Crippen LogP contribution in [0.25, 0.3) is 5.69 Å². The van der Waals surface area contributed by atoms with Crippen molar-refractivity contribution in [3.05, 3.63) is 64.6 Å². The first kappa shape index (κ1) is 19.9. The number of aliphatic imine (C=N–C) groups is 1. The molecule has 0 amide bonds. The van der Waals surface area contributed by atoms with Crippen LogP contribution < -0.4 is 15.4 Å². The van der Waals surface area contributed by atoms with Gasteiger partial charge in [-0.3, -0.25) is 4.99 Å². The first-order valence-corrected chi connectivity index (χ1v) is 10.1. The van der Waals surface area contributed by atoms with Gasteiger partial charge in [-0.05, 0) is 41.8 Å². The molecule has 0 aliphatic carbocycles. The molecule has 0 unspecified atom stereocenters. The summed E-state index contributed by atoms with van der Waals surface area (Å²) in [5.74, 6) is 1.60. The Labute approximate surface area is 170 Å². The second-order valence-corrected chi connectivity index (χ2v) is 8.04. The standard InChI is InChI=1S/C21H27N5OS/c1-21(2,19-6-5-13-28-19)15-24-20(22-3)23-14-16-11-12-26(25-16)17-7-9-18(27-4)10-8-17/h5-13H,14-15H2,1-4H3,(H2,22,23,24). The molecule has 3 aromatic rings. The third-order valence-electron chi connectivity index (χ3n) is 4.53. The van der Waals surface area contributed by atoms with E-state index in [4.69, 9.17) is 4.74 Å². The van der Waals surface area contributed by atoms with Gasteiger partial charge in [-0.25, -0.2) is 4.68 Å². The molecule has 0 bridgehead atoms. The Morgan fingerprint density at radius 2 is 1.96 bits per heavy atom. The second kappa shape index (κ2) is 8.93. The zero-order chi connectivity index (χ0) is 20.0. The molecular weight excluding hydrogens is 370 g/mol. The molecule has 0 fully saturated rings. The second-order valence-electron chi connectivity index (χ2n) is 7.09. The maximum absolute atomic E-state index is 5.20. The highest BCUT2D eigenvalue weighted by molar-refractivity contribution is 7.10. The van der Waals surface area contributed by atoms with Gasteiger partial charge in [0.05, 0.1) is 25.0 Å². The van der Waals surface area contributed by atoms with Crippen molar-refractivity contribution in [1.29, 1.82) is 0 Å². The number of benzene rings is 1. The summed E-state index contributed by atoms with van der Waals surface area (Å²) in [4.78, 5) is 5.68. The highest BCUT2D eigenvalue weighted by atomic mass is 32.1. The summed E-state index contributed by atoms with van der Waals surface area (Å²) in [5.41, 5.74) is 1.98. The van der Waals surface area contributed by atoms with Crippen LogP contribution in [0.15, 0.2) is 59.0 Å². The van der Waals surface area contributed by atoms with Crippen molar-refractivity contribution in [3.63, 3.8) is 0 Å². The Hall–Kier alpha value is -2.80. The summed E-state index contributed by atoms with van der Waals surface area (Å²) < 4.78 is 7.05. The van der Waals surface area contributed by atoms with E-state index in [-0.39, 0.29) is 5.41 Å². The minimum Gasteiger partial charge on any atom is -0.497 e. The topological polar surface area (TPSA) is 63.5 Å². The summed E-state index contributed by atoms with van der Waals surface area (Å²) in [5, 5.41) is 13.5. The molecule has 0 aliphatic heterocycles. The quantitative estimate of drug-likeness (QED) is 0.472. The smallest absolute Gasteiger partial charge is 0.191 e. The Kier molecular flexibility index (Phi) is 6.36. The van der Waals surface area contributed by atoms with Crippen LogP contribution in [0.5, 0.6) is 5.75 Å². The summed E-state index contributed by atoms with van der Waals surface area (Å²) in [6.07, 6.45) is 1.95. The molecule has 0 atom stereocenters. The highest BCUT2D eigenvalue weighted by Gasteiger charge is 2.21. The molecule has 1 aromatic carbocycles. The van der Waals surface area contributed by atoms with Crippen LogP contribution in [-0.4, -0.2) is 36.4 Å². The maximum atomic E-state index is 5.20. The number of hydrogen-bond donors (Lipinski definition) is 2. The van der Waals surface area contributed by atoms with E-state index in [0.29, 0.717) is 6.54 Å². The number of ether oxygens (including phenoxy) is 1. The number of rotatable bonds is 7. The third-order valence-corrected chi connectivity index (χ3v) is 5.76. The number of nitrogens with one attached hydrogen (secondary N) is 2. The van der Waals surface area contributed by atoms with Crippen molar-refractivity contribution in [2.24, 2.45) is 4.99 Å². The molecule has 0 saturated heterocycles. The first-order valence-electron chi connectivity index (χ1n) is 9.19. The van der Waals surface area contributed by atoms with Gasteiger partial charge < -0.3 is 15.4 Å². The fraction of sp³-hybridized carbons (Fsp3) is 0.333. The molecule has 7 heteroatoms. The first-order chi connectivity index (χ1) is 13.5. The van der Waals surface area contributed by atoms with Crippen LogP contribution in [0, 0.1) is 0 Å². The van der Waals surface area contributed by atoms with Gasteiger partial charge >= 0.3 is 0 Å². The molecule has 2 N–H and O–H groups in total. The van der Waals surface area contributed by atoms with Crippen molar-refractivity contribution in [2.75, 3.05) is 20.7 Å². The normalized spacial score (nSPS) is 12.1. The molecular formula is C21H27N5OS. The lowest BCUT2D eigenvalue weighted by Crippen LogP contribution is -2.43. The molecule has 3 rings (SSSR count). The lowest BCUT2D eigenvalue weighted by Gasteiger charge is -2.25. The number of guanidine groups is 1. The number of hydrogen-bond acceptors (Lipinski definition) is 4. The van der Waals surface area contributed by atoms with Gasteiger partial charge in [0, 0.05) is 30.1 Å². The maximum Gasteiger partial charge on any atom is 0.191 e. The fourth-order valence-corrected chi connectivity index (χ4v) is 3.64. The van der Waals surface area contributed by atoms with E-state index in [2.05, 4.69) is 52.1 Å². The largest absolute Gasteiger partial charge is 0.497 e. The van der Waals surface area contributed by atoms with Crippen molar-refractivity contribution >= 4 is 17.3 Å². The SMILES string of the molecule is CN=C(NCc1ccn(-c2ccc(OC)cc2)n1)NCC(C)(C)c1cccs1. The Balaban J connectivity index is 1.54. The predicted molar refractivity (Wildman–Crippen MR) is 116 cm³/mol. The lowest BCUT2D eigenvalue weighted by atomic mass is 9.91. The number of aromatic nitrogens is 2. The third kappa shape index (κ3) is 4.92. The minimum atomic E-state index is 0.0434. The molecule has 0 aliphatic rings. The Morgan fingerprint density at radius 3 is 2.61 bits per heavy atom. The summed E-state index contributed by atoms with van der Waals surface area (Å²) >= 11 is 1.78. The fourth-order valence-electron chi connectivity index (χ4n) is 2.79. The van der Waals surface area contributed by atoms with Gasteiger partial charge in [0.1, 0.15) is 5.75 Å². The van der Waals surface area contributed by atoms with Crippen molar-refractivity contribution in [2.45, 2.75) is 25.8 Å². The molecule has 0 saturated carbocycles. The van der Waals surface area contributed by atoms with E-state index in [1.165, 1.54) is 4.88 Å². The predicted octanol–water partition coefficient (Wildman–Crippen LogP) is 3.59. The van der Waals surface area contributed by atoms with Crippen molar-refractivity contribution in [3.8, 4) is 11.4 Å². The average molecular weight is 398 g/mol. The van der Waals surface area contributed by atoms with E-state index >= 15 is 0 Å². The van der Waals surface area contributed by atoms with Crippen LogP contribution in [0.1, 0.15) is 24.4 Å². The van der Waals surface area contributed by atoms with Crippen molar-refractivity contribution < 1.29 is 4.74 Å². The zero-order valence-corrected chi connectivity index (χ0v) is 17.6. The Bertz CT molecular complexity index is 897. The van der Waals surface area contributed by atoms with E-state index in [1.54, 1.807) is 25.5 Å². The van der Waals surface area contributed by atoms with E-state index < -0.39 is 0 Å². The van der Waals surface area contributed by atoms with Gasteiger partial charge in [-0.2, -0.15) is 5.10 Å². The molecule has 28 heavy (non-hydrogen) atoms. The summed E-state index contributed by atoms with van der Waals surface area (Å²) in [6, 6.07) is 14.1. The van der Waals surface area contributed by atoms with Crippen LogP contribution in [0.3, 0.4) is 0 Å². The van der Waals surface area contributed by atoms with E-state index in [0.717, 1.165) is 29.6 Å². The Morgan fingerprint density at radius 1 is 1.18 bits per heavy atom. The van der Waals surface area contributed by atoms with Crippen molar-refractivity contribution in [1.82, 2.24) is 20.4 Å². The van der Waals surface area contributed by atoms with Crippen LogP contribution in [-0.2, 0) is 12.0 Å². The molecule has 0 radical (unpaired) electrons. The molecule has 2 aromatic heterocycles. The van der Waals surface area contributed by atoms with Gasteiger partial charge in [-0.1, -0.05) is 19.9 Å². The average Bonchev–Trinajstić information content (AvgIpc) is 3.41. The van der Waals surface area contributed by atoms with E-state index in [9.17, 15) is 0 Å². The molecule has 148 valence electrons. The van der Waals surface area contributed by atoms with Gasteiger partial charge in [0.2, 0.25) is 0 Å².